The van der Waals surface area contributed by atoms with Crippen LogP contribution in [0.1, 0.15) is 30.0 Å². The number of benzene rings is 1. The molecule has 4 nitrogen and oxygen atoms in total. The van der Waals surface area contributed by atoms with E-state index >= 15 is 0 Å². The topological polar surface area (TPSA) is 53.1 Å². The summed E-state index contributed by atoms with van der Waals surface area (Å²) < 4.78 is 2.04. The SMILES string of the molecule is NOCCc1ccc(-n2nccc2C2CC2)cc1. The molecule has 0 amide bonds. The predicted molar refractivity (Wildman–Crippen MR) is 69.4 cm³/mol. The van der Waals surface area contributed by atoms with Crippen LogP contribution in [0.15, 0.2) is 36.5 Å². The summed E-state index contributed by atoms with van der Waals surface area (Å²) in [5.74, 6) is 5.74. The van der Waals surface area contributed by atoms with Gasteiger partial charge in [0.05, 0.1) is 12.3 Å². The van der Waals surface area contributed by atoms with Crippen molar-refractivity contribution in [3.63, 3.8) is 0 Å². The fourth-order valence-corrected chi connectivity index (χ4v) is 2.20. The first-order valence-corrected chi connectivity index (χ1v) is 6.33. The van der Waals surface area contributed by atoms with Gasteiger partial charge >= 0.3 is 0 Å². The van der Waals surface area contributed by atoms with E-state index in [4.69, 9.17) is 5.90 Å². The van der Waals surface area contributed by atoms with Crippen LogP contribution in [-0.4, -0.2) is 16.4 Å². The second-order valence-electron chi connectivity index (χ2n) is 4.73. The van der Waals surface area contributed by atoms with E-state index < -0.39 is 0 Å². The smallest absolute Gasteiger partial charge is 0.0719 e. The van der Waals surface area contributed by atoms with Crippen LogP contribution in [0, 0.1) is 0 Å². The van der Waals surface area contributed by atoms with Crippen LogP contribution in [0.25, 0.3) is 5.69 Å². The fourth-order valence-electron chi connectivity index (χ4n) is 2.20. The van der Waals surface area contributed by atoms with Gasteiger partial charge in [-0.1, -0.05) is 12.1 Å². The average molecular weight is 243 g/mol. The Morgan fingerprint density at radius 1 is 1.22 bits per heavy atom. The van der Waals surface area contributed by atoms with Crippen LogP contribution in [-0.2, 0) is 11.3 Å². The highest BCUT2D eigenvalue weighted by Gasteiger charge is 2.27. The van der Waals surface area contributed by atoms with Crippen molar-refractivity contribution in [1.29, 1.82) is 0 Å². The van der Waals surface area contributed by atoms with Gasteiger partial charge in [0.1, 0.15) is 0 Å². The second-order valence-corrected chi connectivity index (χ2v) is 4.73. The molecule has 1 heterocycles. The van der Waals surface area contributed by atoms with Gasteiger partial charge in [0.15, 0.2) is 0 Å². The highest BCUT2D eigenvalue weighted by molar-refractivity contribution is 5.37. The molecule has 3 rings (SSSR count). The molecule has 2 aromatic rings. The van der Waals surface area contributed by atoms with E-state index in [-0.39, 0.29) is 0 Å². The van der Waals surface area contributed by atoms with Crippen molar-refractivity contribution in [3.8, 4) is 5.69 Å². The summed E-state index contributed by atoms with van der Waals surface area (Å²) >= 11 is 0. The minimum atomic E-state index is 0.550. The Balaban J connectivity index is 1.81. The lowest BCUT2D eigenvalue weighted by Gasteiger charge is -2.07. The summed E-state index contributed by atoms with van der Waals surface area (Å²) in [5, 5.41) is 4.41. The molecule has 1 aromatic heterocycles. The minimum absolute atomic E-state index is 0.550. The van der Waals surface area contributed by atoms with E-state index in [0.29, 0.717) is 12.5 Å². The summed E-state index contributed by atoms with van der Waals surface area (Å²) in [6.07, 6.45) is 5.30. The van der Waals surface area contributed by atoms with Crippen LogP contribution in [0.2, 0.25) is 0 Å². The monoisotopic (exact) mass is 243 g/mol. The lowest BCUT2D eigenvalue weighted by atomic mass is 10.1. The first kappa shape index (κ1) is 11.4. The first-order chi connectivity index (χ1) is 8.88. The van der Waals surface area contributed by atoms with Crippen molar-refractivity contribution in [2.75, 3.05) is 6.61 Å². The third-order valence-corrected chi connectivity index (χ3v) is 3.36. The molecule has 0 spiro atoms. The van der Waals surface area contributed by atoms with E-state index in [1.165, 1.54) is 24.1 Å². The molecule has 0 radical (unpaired) electrons. The Bertz CT molecular complexity index is 514. The number of nitrogens with zero attached hydrogens (tertiary/aromatic N) is 2. The summed E-state index contributed by atoms with van der Waals surface area (Å²) in [5.41, 5.74) is 3.68. The van der Waals surface area contributed by atoms with Crippen LogP contribution >= 0.6 is 0 Å². The molecule has 2 N–H and O–H groups in total. The standard InChI is InChI=1S/C14H17N3O/c15-18-10-8-11-1-5-13(6-2-11)17-14(7-9-16-17)12-3-4-12/h1-2,5-7,9,12H,3-4,8,10,15H2. The number of nitrogens with two attached hydrogens (primary N) is 1. The lowest BCUT2D eigenvalue weighted by Crippen LogP contribution is -2.04. The normalized spacial score (nSPS) is 14.9. The zero-order valence-electron chi connectivity index (χ0n) is 10.2. The fraction of sp³-hybridized carbons (Fsp3) is 0.357. The maximum absolute atomic E-state index is 5.03. The molecule has 4 heteroatoms. The Kier molecular flexibility index (Phi) is 3.13. The summed E-state index contributed by atoms with van der Waals surface area (Å²) in [4.78, 5) is 4.59. The van der Waals surface area contributed by atoms with E-state index in [9.17, 15) is 0 Å². The molecular weight excluding hydrogens is 226 g/mol. The molecule has 0 unspecified atom stereocenters. The lowest BCUT2D eigenvalue weighted by molar-refractivity contribution is 0.141. The highest BCUT2D eigenvalue weighted by atomic mass is 16.6. The molecule has 0 atom stereocenters. The van der Waals surface area contributed by atoms with Crippen LogP contribution in [0.3, 0.4) is 0 Å². The Morgan fingerprint density at radius 2 is 2.00 bits per heavy atom. The third-order valence-electron chi connectivity index (χ3n) is 3.36. The molecule has 1 saturated carbocycles. The molecule has 1 aliphatic carbocycles. The summed E-state index contributed by atoms with van der Waals surface area (Å²) in [7, 11) is 0. The Morgan fingerprint density at radius 3 is 2.67 bits per heavy atom. The number of rotatable bonds is 5. The largest absolute Gasteiger partial charge is 0.304 e. The Labute approximate surface area is 106 Å². The van der Waals surface area contributed by atoms with Crippen molar-refractivity contribution >= 4 is 0 Å². The molecule has 1 fully saturated rings. The third kappa shape index (κ3) is 2.30. The van der Waals surface area contributed by atoms with Crippen LogP contribution < -0.4 is 5.90 Å². The van der Waals surface area contributed by atoms with E-state index in [1.54, 1.807) is 0 Å². The van der Waals surface area contributed by atoms with E-state index in [0.717, 1.165) is 12.1 Å². The molecule has 1 aliphatic rings. The molecular formula is C14H17N3O. The van der Waals surface area contributed by atoms with Gasteiger partial charge < -0.3 is 4.84 Å². The van der Waals surface area contributed by atoms with Gasteiger partial charge in [0.25, 0.3) is 0 Å². The molecule has 94 valence electrons. The van der Waals surface area contributed by atoms with Gasteiger partial charge in [-0.3, -0.25) is 0 Å². The molecule has 0 saturated heterocycles. The number of aromatic nitrogens is 2. The Hall–Kier alpha value is -1.65. The van der Waals surface area contributed by atoms with Gasteiger partial charge in [-0.25, -0.2) is 10.6 Å². The predicted octanol–water partition coefficient (Wildman–Crippen LogP) is 2.18. The van der Waals surface area contributed by atoms with Crippen LogP contribution in [0.4, 0.5) is 0 Å². The van der Waals surface area contributed by atoms with Gasteiger partial charge in [-0.05, 0) is 43.0 Å². The second kappa shape index (κ2) is 4.92. The number of hydrogen-bond acceptors (Lipinski definition) is 3. The zero-order chi connectivity index (χ0) is 12.4. The van der Waals surface area contributed by atoms with Gasteiger partial charge in [-0.15, -0.1) is 0 Å². The van der Waals surface area contributed by atoms with Crippen LogP contribution in [0.5, 0.6) is 0 Å². The van der Waals surface area contributed by atoms with Gasteiger partial charge in [0.2, 0.25) is 0 Å². The van der Waals surface area contributed by atoms with Crippen molar-refractivity contribution in [1.82, 2.24) is 9.78 Å². The molecule has 18 heavy (non-hydrogen) atoms. The summed E-state index contributed by atoms with van der Waals surface area (Å²) in [6, 6.07) is 10.5. The first-order valence-electron chi connectivity index (χ1n) is 6.33. The molecule has 1 aromatic carbocycles. The molecule has 0 aliphatic heterocycles. The van der Waals surface area contributed by atoms with Crippen molar-refractivity contribution in [2.24, 2.45) is 5.90 Å². The van der Waals surface area contributed by atoms with E-state index in [2.05, 4.69) is 40.3 Å². The zero-order valence-corrected chi connectivity index (χ0v) is 10.2. The average Bonchev–Trinajstić information content (AvgIpc) is 3.15. The maximum Gasteiger partial charge on any atom is 0.0719 e. The molecule has 0 bridgehead atoms. The van der Waals surface area contributed by atoms with E-state index in [1.807, 2.05) is 10.9 Å². The quantitative estimate of drug-likeness (QED) is 0.819. The van der Waals surface area contributed by atoms with Gasteiger partial charge in [-0.2, -0.15) is 5.10 Å². The minimum Gasteiger partial charge on any atom is -0.304 e. The number of hydrogen-bond donors (Lipinski definition) is 1. The van der Waals surface area contributed by atoms with Crippen molar-refractivity contribution in [2.45, 2.75) is 25.2 Å². The highest BCUT2D eigenvalue weighted by Crippen LogP contribution is 2.40. The van der Waals surface area contributed by atoms with Crippen molar-refractivity contribution in [3.05, 3.63) is 47.8 Å². The van der Waals surface area contributed by atoms with Gasteiger partial charge in [0, 0.05) is 17.8 Å². The maximum atomic E-state index is 5.03. The van der Waals surface area contributed by atoms with Crippen molar-refractivity contribution < 1.29 is 4.84 Å². The summed E-state index contributed by atoms with van der Waals surface area (Å²) in [6.45, 7) is 0.550.